The van der Waals surface area contributed by atoms with Crippen molar-refractivity contribution >= 4 is 29.7 Å². The Bertz CT molecular complexity index is 832. The maximum atomic E-state index is 12.3. The van der Waals surface area contributed by atoms with Crippen molar-refractivity contribution in [2.45, 2.75) is 45.3 Å². The van der Waals surface area contributed by atoms with E-state index < -0.39 is 5.79 Å². The molecule has 0 heterocycles. The van der Waals surface area contributed by atoms with Crippen LogP contribution in [0.1, 0.15) is 37.3 Å². The van der Waals surface area contributed by atoms with Crippen LogP contribution in [-0.2, 0) is 20.7 Å². The number of nitrogens with one attached hydrogen (secondary N) is 1. The molecule has 0 radical (unpaired) electrons. The first-order valence-electron chi connectivity index (χ1n) is 9.37. The third kappa shape index (κ3) is 4.84. The van der Waals surface area contributed by atoms with Crippen molar-refractivity contribution < 1.29 is 19.1 Å². The van der Waals surface area contributed by atoms with Gasteiger partial charge in [-0.25, -0.2) is 0 Å². The summed E-state index contributed by atoms with van der Waals surface area (Å²) < 4.78 is 11.3. The Morgan fingerprint density at radius 1 is 1.29 bits per heavy atom. The number of halogens is 1. The first-order chi connectivity index (χ1) is 13.4. The van der Waals surface area contributed by atoms with Crippen molar-refractivity contribution in [1.82, 2.24) is 0 Å². The molecule has 1 N–H and O–H groups in total. The standard InChI is InChI=1S/C22H24ClNO4/c1-15-10-18(23)13-19(11-15)24-21(26)12-17-5-7-20(8-6-17)28-22(27-14-25)9-3-4-16(22)2/h5-8,10-11,13-14,16H,3-4,9,12H2,1-2H3,(H,24,26). The second-order valence-corrected chi connectivity index (χ2v) is 7.74. The van der Waals surface area contributed by atoms with E-state index in [0.717, 1.165) is 24.0 Å². The topological polar surface area (TPSA) is 64.6 Å². The number of anilines is 1. The first-order valence-corrected chi connectivity index (χ1v) is 9.74. The molecule has 0 spiro atoms. The monoisotopic (exact) mass is 401 g/mol. The molecule has 3 rings (SSSR count). The minimum Gasteiger partial charge on any atom is -0.452 e. The highest BCUT2D eigenvalue weighted by atomic mass is 35.5. The van der Waals surface area contributed by atoms with Gasteiger partial charge in [0, 0.05) is 23.0 Å². The van der Waals surface area contributed by atoms with Crippen LogP contribution < -0.4 is 10.1 Å². The molecule has 2 aromatic rings. The predicted octanol–water partition coefficient (Wildman–Crippen LogP) is 4.90. The fourth-order valence-electron chi connectivity index (χ4n) is 3.63. The van der Waals surface area contributed by atoms with Gasteiger partial charge in [0.1, 0.15) is 5.75 Å². The lowest BCUT2D eigenvalue weighted by Crippen LogP contribution is -2.41. The number of amides is 1. The normalized spacial score (nSPS) is 21.2. The molecule has 0 aliphatic heterocycles. The molecular formula is C22H24ClNO4. The molecule has 1 amide bonds. The average Bonchev–Trinajstić information content (AvgIpc) is 2.96. The Morgan fingerprint density at radius 3 is 2.64 bits per heavy atom. The summed E-state index contributed by atoms with van der Waals surface area (Å²) in [7, 11) is 0. The van der Waals surface area contributed by atoms with Gasteiger partial charge in [0.15, 0.2) is 0 Å². The average molecular weight is 402 g/mol. The summed E-state index contributed by atoms with van der Waals surface area (Å²) in [5.74, 6) is -0.277. The van der Waals surface area contributed by atoms with E-state index in [1.165, 1.54) is 0 Å². The maximum Gasteiger partial charge on any atom is 0.296 e. The minimum atomic E-state index is -0.898. The molecule has 1 saturated carbocycles. The highest BCUT2D eigenvalue weighted by Crippen LogP contribution is 2.39. The molecule has 1 aliphatic rings. The van der Waals surface area contributed by atoms with Gasteiger partial charge >= 0.3 is 0 Å². The van der Waals surface area contributed by atoms with Gasteiger partial charge in [-0.1, -0.05) is 30.7 Å². The highest BCUT2D eigenvalue weighted by molar-refractivity contribution is 6.31. The van der Waals surface area contributed by atoms with Crippen molar-refractivity contribution in [3.8, 4) is 5.75 Å². The van der Waals surface area contributed by atoms with Crippen molar-refractivity contribution in [2.24, 2.45) is 5.92 Å². The summed E-state index contributed by atoms with van der Waals surface area (Å²) >= 11 is 6.03. The number of aryl methyl sites for hydroxylation is 1. The van der Waals surface area contributed by atoms with Gasteiger partial charge in [0.05, 0.1) is 6.42 Å². The lowest BCUT2D eigenvalue weighted by molar-refractivity contribution is -0.195. The van der Waals surface area contributed by atoms with Crippen LogP contribution in [0.2, 0.25) is 5.02 Å². The highest BCUT2D eigenvalue weighted by Gasteiger charge is 2.45. The first kappa shape index (κ1) is 20.2. The van der Waals surface area contributed by atoms with E-state index in [4.69, 9.17) is 21.1 Å². The van der Waals surface area contributed by atoms with Crippen molar-refractivity contribution in [2.75, 3.05) is 5.32 Å². The maximum absolute atomic E-state index is 12.3. The minimum absolute atomic E-state index is 0.125. The second kappa shape index (κ2) is 8.65. The van der Waals surface area contributed by atoms with E-state index >= 15 is 0 Å². The van der Waals surface area contributed by atoms with Crippen LogP contribution in [0.25, 0.3) is 0 Å². The number of rotatable bonds is 7. The molecule has 28 heavy (non-hydrogen) atoms. The Hall–Kier alpha value is -2.53. The van der Waals surface area contributed by atoms with Crippen LogP contribution in [-0.4, -0.2) is 18.2 Å². The Kier molecular flexibility index (Phi) is 6.25. The lowest BCUT2D eigenvalue weighted by Gasteiger charge is -2.32. The zero-order chi connectivity index (χ0) is 20.1. The van der Waals surface area contributed by atoms with E-state index in [-0.39, 0.29) is 18.2 Å². The van der Waals surface area contributed by atoms with Gasteiger partial charge in [-0.15, -0.1) is 0 Å². The molecule has 2 aromatic carbocycles. The predicted molar refractivity (Wildman–Crippen MR) is 108 cm³/mol. The smallest absolute Gasteiger partial charge is 0.296 e. The summed E-state index contributed by atoms with van der Waals surface area (Å²) in [6, 6.07) is 12.7. The molecule has 148 valence electrons. The molecular weight excluding hydrogens is 378 g/mol. The van der Waals surface area contributed by atoms with Crippen molar-refractivity contribution in [3.63, 3.8) is 0 Å². The van der Waals surface area contributed by atoms with Crippen LogP contribution in [0.15, 0.2) is 42.5 Å². The number of carbonyl (C=O) groups excluding carboxylic acids is 2. The molecule has 0 aromatic heterocycles. The van der Waals surface area contributed by atoms with E-state index in [1.807, 2.05) is 38.1 Å². The van der Waals surface area contributed by atoms with Gasteiger partial charge in [-0.3, -0.25) is 9.59 Å². The number of hydrogen-bond donors (Lipinski definition) is 1. The van der Waals surface area contributed by atoms with Crippen molar-refractivity contribution in [3.05, 3.63) is 58.6 Å². The van der Waals surface area contributed by atoms with Gasteiger partial charge < -0.3 is 14.8 Å². The summed E-state index contributed by atoms with van der Waals surface area (Å²) in [5.41, 5.74) is 2.52. The largest absolute Gasteiger partial charge is 0.452 e. The molecule has 5 nitrogen and oxygen atoms in total. The van der Waals surface area contributed by atoms with E-state index in [9.17, 15) is 9.59 Å². The molecule has 6 heteroatoms. The Labute approximate surface area is 170 Å². The summed E-state index contributed by atoms with van der Waals surface area (Å²) in [6.45, 7) is 4.40. The van der Waals surface area contributed by atoms with E-state index in [2.05, 4.69) is 5.32 Å². The molecule has 2 atom stereocenters. The molecule has 1 aliphatic carbocycles. The third-order valence-corrected chi connectivity index (χ3v) is 5.28. The molecule has 1 fully saturated rings. The Morgan fingerprint density at radius 2 is 2.04 bits per heavy atom. The van der Waals surface area contributed by atoms with Gasteiger partial charge in [-0.05, 0) is 61.2 Å². The summed E-state index contributed by atoms with van der Waals surface area (Å²) in [4.78, 5) is 23.2. The SMILES string of the molecule is Cc1cc(Cl)cc(NC(=O)Cc2ccc(OC3(OC=O)CCCC3C)cc2)c1. The lowest BCUT2D eigenvalue weighted by atomic mass is 10.0. The number of hydrogen-bond acceptors (Lipinski definition) is 4. The summed E-state index contributed by atoms with van der Waals surface area (Å²) in [5, 5.41) is 3.45. The second-order valence-electron chi connectivity index (χ2n) is 7.31. The molecule has 2 unspecified atom stereocenters. The van der Waals surface area contributed by atoms with Crippen LogP contribution in [0.3, 0.4) is 0 Å². The van der Waals surface area contributed by atoms with Crippen molar-refractivity contribution in [1.29, 1.82) is 0 Å². The van der Waals surface area contributed by atoms with Gasteiger partial charge in [0.2, 0.25) is 5.91 Å². The van der Waals surface area contributed by atoms with Crippen LogP contribution in [0.5, 0.6) is 5.75 Å². The zero-order valence-electron chi connectivity index (χ0n) is 16.0. The van der Waals surface area contributed by atoms with E-state index in [0.29, 0.717) is 29.4 Å². The van der Waals surface area contributed by atoms with Crippen LogP contribution in [0, 0.1) is 12.8 Å². The third-order valence-electron chi connectivity index (χ3n) is 5.07. The van der Waals surface area contributed by atoms with E-state index in [1.54, 1.807) is 18.2 Å². The Balaban J connectivity index is 1.62. The van der Waals surface area contributed by atoms with Crippen LogP contribution in [0.4, 0.5) is 5.69 Å². The number of carbonyl (C=O) groups is 2. The molecule has 0 saturated heterocycles. The van der Waals surface area contributed by atoms with Gasteiger partial charge in [-0.2, -0.15) is 0 Å². The fourth-order valence-corrected chi connectivity index (χ4v) is 3.92. The van der Waals surface area contributed by atoms with Crippen LogP contribution >= 0.6 is 11.6 Å². The number of benzene rings is 2. The number of ether oxygens (including phenoxy) is 2. The molecule has 0 bridgehead atoms. The zero-order valence-corrected chi connectivity index (χ0v) is 16.8. The van der Waals surface area contributed by atoms with Gasteiger partial charge in [0.25, 0.3) is 12.3 Å². The summed E-state index contributed by atoms with van der Waals surface area (Å²) in [6.07, 6.45) is 2.82. The fraction of sp³-hybridized carbons (Fsp3) is 0.364. The quantitative estimate of drug-likeness (QED) is 0.529.